The number of hydrogen-bond acceptors (Lipinski definition) is 8. The lowest BCUT2D eigenvalue weighted by atomic mass is 10.4. The minimum atomic E-state index is 0.142. The largest absolute Gasteiger partial charge is 0.368 e. The molecular formula is C10H14N8. The van der Waals surface area contributed by atoms with Crippen LogP contribution in [0.3, 0.4) is 0 Å². The molecule has 0 aliphatic carbocycles. The van der Waals surface area contributed by atoms with Crippen molar-refractivity contribution in [3.05, 3.63) is 29.8 Å². The maximum atomic E-state index is 5.54. The number of aryl methyl sites for hydroxylation is 1. The zero-order valence-electron chi connectivity index (χ0n) is 9.88. The van der Waals surface area contributed by atoms with Crippen molar-refractivity contribution in [1.82, 2.24) is 19.9 Å². The third-order valence-corrected chi connectivity index (χ3v) is 2.18. The van der Waals surface area contributed by atoms with Crippen molar-refractivity contribution in [2.24, 2.45) is 5.84 Å². The van der Waals surface area contributed by atoms with Crippen molar-refractivity contribution in [1.29, 1.82) is 0 Å². The van der Waals surface area contributed by atoms with E-state index in [1.54, 1.807) is 18.5 Å². The number of nitrogens with two attached hydrogens (primary N) is 2. The molecule has 0 aromatic carbocycles. The Balaban J connectivity index is 2.05. The molecule has 0 bridgehead atoms. The van der Waals surface area contributed by atoms with Gasteiger partial charge in [0.05, 0.1) is 24.1 Å². The van der Waals surface area contributed by atoms with E-state index in [1.807, 2.05) is 6.92 Å². The quantitative estimate of drug-likeness (QED) is 0.440. The van der Waals surface area contributed by atoms with Crippen LogP contribution >= 0.6 is 0 Å². The van der Waals surface area contributed by atoms with Gasteiger partial charge in [-0.15, -0.1) is 0 Å². The number of nitrogens with one attached hydrogen (secondary N) is 2. The predicted molar refractivity (Wildman–Crippen MR) is 68.4 cm³/mol. The Hall–Kier alpha value is -2.48. The molecule has 8 heteroatoms. The lowest BCUT2D eigenvalue weighted by Crippen LogP contribution is -2.12. The Kier molecular flexibility index (Phi) is 3.49. The van der Waals surface area contributed by atoms with Gasteiger partial charge in [0, 0.05) is 12.3 Å². The van der Waals surface area contributed by atoms with E-state index in [0.717, 1.165) is 11.4 Å². The van der Waals surface area contributed by atoms with Gasteiger partial charge in [0.2, 0.25) is 5.95 Å². The monoisotopic (exact) mass is 246 g/mol. The van der Waals surface area contributed by atoms with Crippen molar-refractivity contribution in [3.63, 3.8) is 0 Å². The van der Waals surface area contributed by atoms with Crippen LogP contribution in [-0.2, 0) is 6.54 Å². The van der Waals surface area contributed by atoms with Crippen LogP contribution < -0.4 is 22.3 Å². The molecule has 0 spiro atoms. The highest BCUT2D eigenvalue weighted by Gasteiger charge is 2.02. The molecule has 0 aliphatic rings. The standard InChI is InChI=1S/C10H14N8/c1-6-3-14-7(4-13-6)5-15-8-2-9(18-12)17-10(11)16-8/h2-4H,5,12H2,1H3,(H4,11,15,16,17,18). The first-order valence-corrected chi connectivity index (χ1v) is 5.30. The number of hydrogen-bond donors (Lipinski definition) is 4. The Morgan fingerprint density at radius 2 is 1.94 bits per heavy atom. The van der Waals surface area contributed by atoms with Gasteiger partial charge in [0.15, 0.2) is 0 Å². The molecule has 2 heterocycles. The van der Waals surface area contributed by atoms with Crippen molar-refractivity contribution >= 4 is 17.6 Å². The normalized spacial score (nSPS) is 10.1. The lowest BCUT2D eigenvalue weighted by Gasteiger charge is -2.07. The summed E-state index contributed by atoms with van der Waals surface area (Å²) < 4.78 is 0. The molecule has 0 atom stereocenters. The van der Waals surface area contributed by atoms with E-state index in [2.05, 4.69) is 30.7 Å². The average Bonchev–Trinajstić information content (AvgIpc) is 2.37. The van der Waals surface area contributed by atoms with Crippen LogP contribution in [0.15, 0.2) is 18.5 Å². The molecule has 0 unspecified atom stereocenters. The molecule has 0 radical (unpaired) electrons. The first-order valence-electron chi connectivity index (χ1n) is 5.30. The van der Waals surface area contributed by atoms with Gasteiger partial charge in [0.1, 0.15) is 11.6 Å². The highest BCUT2D eigenvalue weighted by atomic mass is 15.3. The molecule has 0 amide bonds. The van der Waals surface area contributed by atoms with E-state index in [4.69, 9.17) is 11.6 Å². The highest BCUT2D eigenvalue weighted by Crippen LogP contribution is 2.11. The van der Waals surface area contributed by atoms with Crippen molar-refractivity contribution in [3.8, 4) is 0 Å². The molecule has 0 saturated carbocycles. The zero-order chi connectivity index (χ0) is 13.0. The molecule has 2 aromatic rings. The molecule has 0 aliphatic heterocycles. The predicted octanol–water partition coefficient (Wildman–Crippen LogP) is 0.0549. The molecule has 94 valence electrons. The maximum absolute atomic E-state index is 5.54. The topological polar surface area (TPSA) is 128 Å². The summed E-state index contributed by atoms with van der Waals surface area (Å²) in [5, 5.41) is 3.07. The van der Waals surface area contributed by atoms with Gasteiger partial charge in [-0.25, -0.2) is 5.84 Å². The van der Waals surface area contributed by atoms with E-state index in [0.29, 0.717) is 18.2 Å². The highest BCUT2D eigenvalue weighted by molar-refractivity contribution is 5.50. The summed E-state index contributed by atoms with van der Waals surface area (Å²) in [6.07, 6.45) is 3.41. The fraction of sp³-hybridized carbons (Fsp3) is 0.200. The minimum absolute atomic E-state index is 0.142. The first kappa shape index (κ1) is 12.0. The maximum Gasteiger partial charge on any atom is 0.223 e. The Morgan fingerprint density at radius 3 is 2.61 bits per heavy atom. The van der Waals surface area contributed by atoms with Crippen LogP contribution in [0.5, 0.6) is 0 Å². The van der Waals surface area contributed by atoms with E-state index in [1.165, 1.54) is 0 Å². The fourth-order valence-electron chi connectivity index (χ4n) is 1.32. The fourth-order valence-corrected chi connectivity index (χ4v) is 1.32. The van der Waals surface area contributed by atoms with Gasteiger partial charge >= 0.3 is 0 Å². The van der Waals surface area contributed by atoms with Crippen LogP contribution in [0.2, 0.25) is 0 Å². The number of aromatic nitrogens is 4. The summed E-state index contributed by atoms with van der Waals surface area (Å²) >= 11 is 0. The van der Waals surface area contributed by atoms with Gasteiger partial charge in [-0.2, -0.15) is 9.97 Å². The molecule has 6 N–H and O–H groups in total. The van der Waals surface area contributed by atoms with Crippen LogP contribution in [0.4, 0.5) is 17.6 Å². The molecule has 2 aromatic heterocycles. The van der Waals surface area contributed by atoms with Gasteiger partial charge in [-0.1, -0.05) is 0 Å². The number of nitrogens with zero attached hydrogens (tertiary/aromatic N) is 4. The molecule has 0 fully saturated rings. The molecule has 2 rings (SSSR count). The molecule has 0 saturated heterocycles. The molecule has 8 nitrogen and oxygen atoms in total. The van der Waals surface area contributed by atoms with E-state index in [9.17, 15) is 0 Å². The lowest BCUT2D eigenvalue weighted by molar-refractivity contribution is 0.974. The second-order valence-corrected chi connectivity index (χ2v) is 3.64. The first-order chi connectivity index (χ1) is 8.67. The molecular weight excluding hydrogens is 232 g/mol. The number of anilines is 3. The van der Waals surface area contributed by atoms with Crippen LogP contribution in [-0.4, -0.2) is 19.9 Å². The second-order valence-electron chi connectivity index (χ2n) is 3.64. The van der Waals surface area contributed by atoms with Crippen molar-refractivity contribution in [2.75, 3.05) is 16.5 Å². The van der Waals surface area contributed by atoms with Crippen LogP contribution in [0, 0.1) is 6.92 Å². The number of rotatable bonds is 4. The number of nitrogen functional groups attached to an aromatic ring is 2. The average molecular weight is 246 g/mol. The molecule has 18 heavy (non-hydrogen) atoms. The Labute approximate surface area is 104 Å². The van der Waals surface area contributed by atoms with Crippen LogP contribution in [0.25, 0.3) is 0 Å². The third kappa shape index (κ3) is 3.01. The van der Waals surface area contributed by atoms with E-state index < -0.39 is 0 Å². The summed E-state index contributed by atoms with van der Waals surface area (Å²) in [5.41, 5.74) is 9.63. The third-order valence-electron chi connectivity index (χ3n) is 2.18. The minimum Gasteiger partial charge on any atom is -0.368 e. The van der Waals surface area contributed by atoms with Gasteiger partial charge in [-0.05, 0) is 6.92 Å². The summed E-state index contributed by atoms with van der Waals surface area (Å²) in [7, 11) is 0. The zero-order valence-corrected chi connectivity index (χ0v) is 9.88. The van der Waals surface area contributed by atoms with Gasteiger partial charge in [-0.3, -0.25) is 9.97 Å². The van der Waals surface area contributed by atoms with E-state index >= 15 is 0 Å². The Bertz CT molecular complexity index is 524. The van der Waals surface area contributed by atoms with Crippen LogP contribution in [0.1, 0.15) is 11.4 Å². The summed E-state index contributed by atoms with van der Waals surface area (Å²) in [6.45, 7) is 2.38. The smallest absolute Gasteiger partial charge is 0.223 e. The van der Waals surface area contributed by atoms with Crippen molar-refractivity contribution in [2.45, 2.75) is 13.5 Å². The summed E-state index contributed by atoms with van der Waals surface area (Å²) in [4.78, 5) is 16.3. The Morgan fingerprint density at radius 1 is 1.17 bits per heavy atom. The van der Waals surface area contributed by atoms with Gasteiger partial charge in [0.25, 0.3) is 0 Å². The van der Waals surface area contributed by atoms with Gasteiger partial charge < -0.3 is 16.5 Å². The SMILES string of the molecule is Cc1cnc(CNc2cc(NN)nc(N)n2)cn1. The summed E-state index contributed by atoms with van der Waals surface area (Å²) in [6, 6.07) is 1.65. The summed E-state index contributed by atoms with van der Waals surface area (Å²) in [5.74, 6) is 6.42. The van der Waals surface area contributed by atoms with Crippen molar-refractivity contribution < 1.29 is 0 Å². The second kappa shape index (κ2) is 5.23. The van der Waals surface area contributed by atoms with E-state index in [-0.39, 0.29) is 5.95 Å². The number of hydrazine groups is 1.